The first kappa shape index (κ1) is 11.9. The first-order valence-electron chi connectivity index (χ1n) is 5.24. The molecule has 1 aromatic carbocycles. The lowest BCUT2D eigenvalue weighted by Gasteiger charge is -1.99. The van der Waals surface area contributed by atoms with Crippen molar-refractivity contribution in [2.45, 2.75) is 13.5 Å². The summed E-state index contributed by atoms with van der Waals surface area (Å²) >= 11 is 3.39. The lowest BCUT2D eigenvalue weighted by atomic mass is 10.2. The van der Waals surface area contributed by atoms with E-state index in [9.17, 15) is 4.79 Å². The summed E-state index contributed by atoms with van der Waals surface area (Å²) in [5.74, 6) is 1.49. The van der Waals surface area contributed by atoms with Gasteiger partial charge in [0, 0.05) is 17.0 Å². The molecule has 2 rings (SSSR count). The zero-order valence-corrected chi connectivity index (χ0v) is 11.0. The van der Waals surface area contributed by atoms with Gasteiger partial charge < -0.3 is 9.73 Å². The first-order valence-corrected chi connectivity index (χ1v) is 6.03. The summed E-state index contributed by atoms with van der Waals surface area (Å²) in [5, 5.41) is 2.70. The summed E-state index contributed by atoms with van der Waals surface area (Å²) in [7, 11) is 0. The van der Waals surface area contributed by atoms with Crippen molar-refractivity contribution < 1.29 is 9.21 Å². The van der Waals surface area contributed by atoms with E-state index >= 15 is 0 Å². The minimum atomic E-state index is -0.0633. The van der Waals surface area contributed by atoms with Gasteiger partial charge in [0.25, 0.3) is 0 Å². The fraction of sp³-hybridized carbons (Fsp3) is 0.154. The molecule has 3 nitrogen and oxygen atoms in total. The minimum Gasteiger partial charge on any atom is -0.459 e. The van der Waals surface area contributed by atoms with Gasteiger partial charge in [-0.3, -0.25) is 4.79 Å². The van der Waals surface area contributed by atoms with Crippen molar-refractivity contribution in [1.82, 2.24) is 5.32 Å². The van der Waals surface area contributed by atoms with Crippen LogP contribution >= 0.6 is 15.9 Å². The van der Waals surface area contributed by atoms with Crippen molar-refractivity contribution >= 4 is 21.8 Å². The van der Waals surface area contributed by atoms with Gasteiger partial charge in [0.2, 0.25) is 5.91 Å². The smallest absolute Gasteiger partial charge is 0.217 e. The quantitative estimate of drug-likeness (QED) is 0.943. The fourth-order valence-electron chi connectivity index (χ4n) is 1.45. The van der Waals surface area contributed by atoms with Gasteiger partial charge >= 0.3 is 0 Å². The van der Waals surface area contributed by atoms with E-state index in [0.29, 0.717) is 6.54 Å². The Kier molecular flexibility index (Phi) is 3.64. The zero-order valence-electron chi connectivity index (χ0n) is 9.37. The number of hydrogen-bond donors (Lipinski definition) is 1. The second-order valence-electron chi connectivity index (χ2n) is 3.68. The highest BCUT2D eigenvalue weighted by Gasteiger charge is 2.04. The number of furan rings is 1. The Morgan fingerprint density at radius 3 is 2.59 bits per heavy atom. The first-order chi connectivity index (χ1) is 8.15. The highest BCUT2D eigenvalue weighted by Crippen LogP contribution is 2.23. The third kappa shape index (κ3) is 3.20. The molecule has 0 aliphatic carbocycles. The number of benzene rings is 1. The molecule has 0 saturated carbocycles. The van der Waals surface area contributed by atoms with E-state index in [4.69, 9.17) is 4.42 Å². The molecule has 88 valence electrons. The Hall–Kier alpha value is -1.55. The average Bonchev–Trinajstić information content (AvgIpc) is 2.76. The Balaban J connectivity index is 2.12. The summed E-state index contributed by atoms with van der Waals surface area (Å²) in [6, 6.07) is 11.7. The van der Waals surface area contributed by atoms with Gasteiger partial charge in [0.05, 0.1) is 6.54 Å². The maximum absolute atomic E-state index is 10.8. The summed E-state index contributed by atoms with van der Waals surface area (Å²) in [6.45, 7) is 1.91. The number of carbonyl (C=O) groups excluding carboxylic acids is 1. The zero-order chi connectivity index (χ0) is 12.3. The number of carbonyl (C=O) groups is 1. The van der Waals surface area contributed by atoms with E-state index in [0.717, 1.165) is 21.6 Å². The molecule has 1 heterocycles. The van der Waals surface area contributed by atoms with E-state index < -0.39 is 0 Å². The second-order valence-corrected chi connectivity index (χ2v) is 4.60. The maximum atomic E-state index is 10.8. The Labute approximate surface area is 108 Å². The number of nitrogens with one attached hydrogen (secondary N) is 1. The van der Waals surface area contributed by atoms with Crippen LogP contribution in [0.2, 0.25) is 0 Å². The molecule has 17 heavy (non-hydrogen) atoms. The van der Waals surface area contributed by atoms with Gasteiger partial charge in [-0.05, 0) is 24.3 Å². The van der Waals surface area contributed by atoms with Crippen LogP contribution in [0.15, 0.2) is 45.3 Å². The predicted molar refractivity (Wildman–Crippen MR) is 69.4 cm³/mol. The SMILES string of the molecule is CC(=O)NCc1ccc(-c2ccc(Br)cc2)o1. The van der Waals surface area contributed by atoms with Crippen LogP contribution in [0.5, 0.6) is 0 Å². The van der Waals surface area contributed by atoms with Crippen molar-refractivity contribution in [3.63, 3.8) is 0 Å². The summed E-state index contributed by atoms with van der Waals surface area (Å²) in [5.41, 5.74) is 1.02. The molecule has 0 fully saturated rings. The van der Waals surface area contributed by atoms with Crippen molar-refractivity contribution in [2.24, 2.45) is 0 Å². The average molecular weight is 294 g/mol. The van der Waals surface area contributed by atoms with Gasteiger partial charge in [-0.2, -0.15) is 0 Å². The number of halogens is 1. The molecule has 0 aliphatic heterocycles. The largest absolute Gasteiger partial charge is 0.459 e. The van der Waals surface area contributed by atoms with Crippen molar-refractivity contribution in [3.8, 4) is 11.3 Å². The van der Waals surface area contributed by atoms with Crippen molar-refractivity contribution in [3.05, 3.63) is 46.6 Å². The van der Waals surface area contributed by atoms with Gasteiger partial charge in [-0.15, -0.1) is 0 Å². The highest BCUT2D eigenvalue weighted by molar-refractivity contribution is 9.10. The fourth-order valence-corrected chi connectivity index (χ4v) is 1.72. The molecule has 0 spiro atoms. The lowest BCUT2D eigenvalue weighted by Crippen LogP contribution is -2.18. The monoisotopic (exact) mass is 293 g/mol. The molecule has 2 aromatic rings. The Morgan fingerprint density at radius 2 is 1.94 bits per heavy atom. The Morgan fingerprint density at radius 1 is 1.24 bits per heavy atom. The second kappa shape index (κ2) is 5.19. The van der Waals surface area contributed by atoms with Crippen LogP contribution in [0.25, 0.3) is 11.3 Å². The van der Waals surface area contributed by atoms with E-state index in [1.807, 2.05) is 36.4 Å². The number of amides is 1. The maximum Gasteiger partial charge on any atom is 0.217 e. The van der Waals surface area contributed by atoms with Crippen LogP contribution in [0.4, 0.5) is 0 Å². The molecule has 0 atom stereocenters. The minimum absolute atomic E-state index is 0.0633. The molecular formula is C13H12BrNO2. The third-order valence-electron chi connectivity index (χ3n) is 2.30. The van der Waals surface area contributed by atoms with Gasteiger partial charge in [0.15, 0.2) is 0 Å². The van der Waals surface area contributed by atoms with Gasteiger partial charge in [-0.25, -0.2) is 0 Å². The predicted octanol–water partition coefficient (Wildman–Crippen LogP) is 3.35. The van der Waals surface area contributed by atoms with Crippen molar-refractivity contribution in [1.29, 1.82) is 0 Å². The van der Waals surface area contributed by atoms with Gasteiger partial charge in [0.1, 0.15) is 11.5 Å². The van der Waals surface area contributed by atoms with Crippen LogP contribution in [0.3, 0.4) is 0 Å². The topological polar surface area (TPSA) is 42.2 Å². The molecule has 0 saturated heterocycles. The van der Waals surface area contributed by atoms with E-state index in [1.54, 1.807) is 0 Å². The molecule has 0 aliphatic rings. The molecular weight excluding hydrogens is 282 g/mol. The third-order valence-corrected chi connectivity index (χ3v) is 2.83. The summed E-state index contributed by atoms with van der Waals surface area (Å²) < 4.78 is 6.66. The molecule has 0 unspecified atom stereocenters. The van der Waals surface area contributed by atoms with Crippen LogP contribution in [-0.4, -0.2) is 5.91 Å². The molecule has 1 N–H and O–H groups in total. The molecule has 1 amide bonds. The van der Waals surface area contributed by atoms with E-state index in [1.165, 1.54) is 6.92 Å². The molecule has 0 radical (unpaired) electrons. The molecule has 0 bridgehead atoms. The summed E-state index contributed by atoms with van der Waals surface area (Å²) in [4.78, 5) is 10.8. The standard InChI is InChI=1S/C13H12BrNO2/c1-9(16)15-8-12-6-7-13(17-12)10-2-4-11(14)5-3-10/h2-7H,8H2,1H3,(H,15,16). The lowest BCUT2D eigenvalue weighted by molar-refractivity contribution is -0.119. The highest BCUT2D eigenvalue weighted by atomic mass is 79.9. The van der Waals surface area contributed by atoms with Crippen LogP contribution in [0, 0.1) is 0 Å². The van der Waals surface area contributed by atoms with E-state index in [2.05, 4.69) is 21.2 Å². The van der Waals surface area contributed by atoms with Crippen molar-refractivity contribution in [2.75, 3.05) is 0 Å². The molecule has 1 aromatic heterocycles. The van der Waals surface area contributed by atoms with Crippen LogP contribution in [-0.2, 0) is 11.3 Å². The van der Waals surface area contributed by atoms with E-state index in [-0.39, 0.29) is 5.91 Å². The van der Waals surface area contributed by atoms with Crippen LogP contribution in [0.1, 0.15) is 12.7 Å². The Bertz CT molecular complexity index is 516. The number of hydrogen-bond acceptors (Lipinski definition) is 2. The van der Waals surface area contributed by atoms with Crippen LogP contribution < -0.4 is 5.32 Å². The normalized spacial score (nSPS) is 10.2. The van der Waals surface area contributed by atoms with Gasteiger partial charge in [-0.1, -0.05) is 28.1 Å². The molecule has 4 heteroatoms. The summed E-state index contributed by atoms with van der Waals surface area (Å²) in [6.07, 6.45) is 0. The number of rotatable bonds is 3.